The molecule has 1 aromatic heterocycles. The number of aryl methyl sites for hydroxylation is 2. The van der Waals surface area contributed by atoms with Gasteiger partial charge >= 0.3 is 0 Å². The van der Waals surface area contributed by atoms with Gasteiger partial charge in [-0.2, -0.15) is 5.26 Å². The zero-order valence-electron chi connectivity index (χ0n) is 10.6. The molecule has 1 heterocycles. The summed E-state index contributed by atoms with van der Waals surface area (Å²) in [6.07, 6.45) is 0. The minimum Gasteiger partial charge on any atom is -0.291 e. The predicted octanol–water partition coefficient (Wildman–Crippen LogP) is 4.62. The maximum atomic E-state index is 12.4. The van der Waals surface area contributed by atoms with Crippen LogP contribution >= 0.6 is 27.3 Å². The quantitative estimate of drug-likeness (QED) is 0.769. The normalized spacial score (nSPS) is 11.9. The number of halogens is 1. The molecule has 4 heteroatoms. The topological polar surface area (TPSA) is 40.9 Å². The first-order chi connectivity index (χ1) is 9.04. The van der Waals surface area contributed by atoms with Crippen molar-refractivity contribution in [3.8, 4) is 6.07 Å². The van der Waals surface area contributed by atoms with Crippen molar-refractivity contribution < 1.29 is 4.79 Å². The largest absolute Gasteiger partial charge is 0.291 e. The molecular formula is C15H12BrNOS. The maximum absolute atomic E-state index is 12.4. The number of nitriles is 1. The van der Waals surface area contributed by atoms with Gasteiger partial charge in [-0.1, -0.05) is 18.2 Å². The van der Waals surface area contributed by atoms with Gasteiger partial charge in [0.25, 0.3) is 0 Å². The van der Waals surface area contributed by atoms with Crippen LogP contribution < -0.4 is 0 Å². The van der Waals surface area contributed by atoms with E-state index in [2.05, 4.69) is 22.0 Å². The van der Waals surface area contributed by atoms with E-state index >= 15 is 0 Å². The van der Waals surface area contributed by atoms with Crippen LogP contribution in [0.1, 0.15) is 32.3 Å². The van der Waals surface area contributed by atoms with E-state index in [0.29, 0.717) is 4.88 Å². The Bertz CT molecular complexity index is 669. The van der Waals surface area contributed by atoms with Gasteiger partial charge in [-0.25, -0.2) is 0 Å². The van der Waals surface area contributed by atoms with Crippen molar-refractivity contribution >= 4 is 33.0 Å². The summed E-state index contributed by atoms with van der Waals surface area (Å²) >= 11 is 4.70. The summed E-state index contributed by atoms with van der Waals surface area (Å²) in [6, 6.07) is 9.67. The monoisotopic (exact) mass is 333 g/mol. The van der Waals surface area contributed by atoms with E-state index in [1.54, 1.807) is 0 Å². The summed E-state index contributed by atoms with van der Waals surface area (Å²) in [7, 11) is 0. The molecule has 0 fully saturated rings. The number of Topliss-reactive ketones (excluding diaryl/α,β-unsaturated/α-hetero) is 1. The molecule has 1 unspecified atom stereocenters. The highest BCUT2D eigenvalue weighted by atomic mass is 79.9. The third kappa shape index (κ3) is 2.78. The first-order valence-corrected chi connectivity index (χ1v) is 7.46. The molecule has 0 aliphatic carbocycles. The number of hydrogen-bond acceptors (Lipinski definition) is 3. The minimum atomic E-state index is -0.741. The van der Waals surface area contributed by atoms with Gasteiger partial charge < -0.3 is 0 Å². The predicted molar refractivity (Wildman–Crippen MR) is 80.6 cm³/mol. The molecule has 2 rings (SSSR count). The van der Waals surface area contributed by atoms with E-state index in [0.717, 1.165) is 21.2 Å². The number of benzene rings is 1. The van der Waals surface area contributed by atoms with Gasteiger partial charge in [0.1, 0.15) is 5.92 Å². The van der Waals surface area contributed by atoms with Crippen molar-refractivity contribution in [3.63, 3.8) is 0 Å². The van der Waals surface area contributed by atoms with Crippen LogP contribution in [-0.4, -0.2) is 5.78 Å². The lowest BCUT2D eigenvalue weighted by molar-refractivity contribution is 0.0982. The molecule has 2 aromatic rings. The molecule has 2 nitrogen and oxygen atoms in total. The summed E-state index contributed by atoms with van der Waals surface area (Å²) in [5.74, 6) is -0.887. The lowest BCUT2D eigenvalue weighted by atomic mass is 9.93. The van der Waals surface area contributed by atoms with Crippen LogP contribution in [0.5, 0.6) is 0 Å². The van der Waals surface area contributed by atoms with Crippen LogP contribution in [0.2, 0.25) is 0 Å². The Morgan fingerprint density at radius 1 is 1.32 bits per heavy atom. The van der Waals surface area contributed by atoms with Gasteiger partial charge in [-0.15, -0.1) is 11.3 Å². The van der Waals surface area contributed by atoms with Gasteiger partial charge in [-0.05, 0) is 57.9 Å². The highest BCUT2D eigenvalue weighted by molar-refractivity contribution is 9.10. The van der Waals surface area contributed by atoms with Gasteiger partial charge in [0, 0.05) is 4.47 Å². The van der Waals surface area contributed by atoms with Crippen LogP contribution in [0.15, 0.2) is 34.1 Å². The standard InChI is InChI=1S/C15H12BrNOS/c1-9-3-4-11(7-10(9)2)12(8-17)14(18)15-13(16)5-6-19-15/h3-7,12H,1-2H3. The first kappa shape index (κ1) is 14.0. The molecule has 0 amide bonds. The van der Waals surface area contributed by atoms with Gasteiger partial charge in [-0.3, -0.25) is 4.79 Å². The van der Waals surface area contributed by atoms with Gasteiger partial charge in [0.15, 0.2) is 5.78 Å². The number of carbonyl (C=O) groups is 1. The van der Waals surface area contributed by atoms with E-state index < -0.39 is 5.92 Å². The second kappa shape index (κ2) is 5.68. The molecule has 0 saturated carbocycles. The number of nitrogens with zero attached hydrogens (tertiary/aromatic N) is 1. The second-order valence-corrected chi connectivity index (χ2v) is 6.14. The Balaban J connectivity index is 2.41. The van der Waals surface area contributed by atoms with Crippen molar-refractivity contribution in [1.82, 2.24) is 0 Å². The fourth-order valence-electron chi connectivity index (χ4n) is 1.83. The Labute approximate surface area is 124 Å². The molecule has 19 heavy (non-hydrogen) atoms. The number of thiophene rings is 1. The van der Waals surface area contributed by atoms with E-state index in [1.807, 2.05) is 43.5 Å². The fraction of sp³-hybridized carbons (Fsp3) is 0.200. The minimum absolute atomic E-state index is 0.146. The average molecular weight is 334 g/mol. The molecule has 0 radical (unpaired) electrons. The number of hydrogen-bond donors (Lipinski definition) is 0. The van der Waals surface area contributed by atoms with Crippen LogP contribution in [0, 0.1) is 25.2 Å². The molecule has 0 N–H and O–H groups in total. The smallest absolute Gasteiger partial charge is 0.195 e. The Morgan fingerprint density at radius 2 is 2.05 bits per heavy atom. The molecular weight excluding hydrogens is 322 g/mol. The van der Waals surface area contributed by atoms with Crippen LogP contribution in [0.3, 0.4) is 0 Å². The lowest BCUT2D eigenvalue weighted by Crippen LogP contribution is -2.10. The first-order valence-electron chi connectivity index (χ1n) is 5.78. The van der Waals surface area contributed by atoms with Crippen LogP contribution in [-0.2, 0) is 0 Å². The maximum Gasteiger partial charge on any atom is 0.195 e. The highest BCUT2D eigenvalue weighted by Gasteiger charge is 2.24. The van der Waals surface area contributed by atoms with Crippen molar-refractivity contribution in [2.75, 3.05) is 0 Å². The fourth-order valence-corrected chi connectivity index (χ4v) is 3.37. The third-order valence-corrected chi connectivity index (χ3v) is 4.95. The van der Waals surface area contributed by atoms with E-state index in [4.69, 9.17) is 0 Å². The molecule has 0 aliphatic heterocycles. The van der Waals surface area contributed by atoms with Crippen molar-refractivity contribution in [3.05, 3.63) is 55.7 Å². The van der Waals surface area contributed by atoms with E-state index in [-0.39, 0.29) is 5.78 Å². The van der Waals surface area contributed by atoms with Crippen molar-refractivity contribution in [2.24, 2.45) is 0 Å². The summed E-state index contributed by atoms with van der Waals surface area (Å²) in [6.45, 7) is 4.00. The van der Waals surface area contributed by atoms with Crippen molar-refractivity contribution in [2.45, 2.75) is 19.8 Å². The van der Waals surface area contributed by atoms with E-state index in [1.165, 1.54) is 11.3 Å². The number of carbonyl (C=O) groups excluding carboxylic acids is 1. The molecule has 0 bridgehead atoms. The SMILES string of the molecule is Cc1ccc(C(C#N)C(=O)c2sccc2Br)cc1C. The third-order valence-electron chi connectivity index (χ3n) is 3.10. The molecule has 1 aromatic carbocycles. The lowest BCUT2D eigenvalue weighted by Gasteiger charge is -2.10. The van der Waals surface area contributed by atoms with Gasteiger partial charge in [0.2, 0.25) is 0 Å². The van der Waals surface area contributed by atoms with E-state index in [9.17, 15) is 10.1 Å². The van der Waals surface area contributed by atoms with Gasteiger partial charge in [0.05, 0.1) is 10.9 Å². The summed E-state index contributed by atoms with van der Waals surface area (Å²) in [5, 5.41) is 11.2. The summed E-state index contributed by atoms with van der Waals surface area (Å²) < 4.78 is 0.756. The number of ketones is 1. The van der Waals surface area contributed by atoms with Crippen molar-refractivity contribution in [1.29, 1.82) is 5.26 Å². The van der Waals surface area contributed by atoms with Crippen LogP contribution in [0.4, 0.5) is 0 Å². The Morgan fingerprint density at radius 3 is 2.58 bits per heavy atom. The molecule has 96 valence electrons. The zero-order valence-corrected chi connectivity index (χ0v) is 13.0. The highest BCUT2D eigenvalue weighted by Crippen LogP contribution is 2.29. The molecule has 0 spiro atoms. The molecule has 1 atom stereocenters. The average Bonchev–Trinajstić information content (AvgIpc) is 2.80. The summed E-state index contributed by atoms with van der Waals surface area (Å²) in [4.78, 5) is 13.0. The zero-order chi connectivity index (χ0) is 14.0. The number of rotatable bonds is 3. The molecule has 0 saturated heterocycles. The molecule has 0 aliphatic rings. The summed E-state index contributed by atoms with van der Waals surface area (Å²) in [5.41, 5.74) is 3.01. The Kier molecular flexibility index (Phi) is 4.18. The van der Waals surface area contributed by atoms with Crippen LogP contribution in [0.25, 0.3) is 0 Å². The second-order valence-electron chi connectivity index (χ2n) is 4.37. The Hall–Kier alpha value is -1.44.